The molecule has 3 fully saturated rings. The van der Waals surface area contributed by atoms with E-state index in [4.69, 9.17) is 9.47 Å². The van der Waals surface area contributed by atoms with Crippen molar-refractivity contribution in [1.29, 1.82) is 0 Å². The molecule has 136 valence electrons. The van der Waals surface area contributed by atoms with Crippen molar-refractivity contribution in [2.45, 2.75) is 44.8 Å². The van der Waals surface area contributed by atoms with E-state index in [2.05, 4.69) is 24.4 Å². The number of nitrogens with zero attached hydrogens (tertiary/aromatic N) is 1. The third-order valence-electron chi connectivity index (χ3n) is 5.88. The average Bonchev–Trinajstić information content (AvgIpc) is 3.31. The van der Waals surface area contributed by atoms with E-state index < -0.39 is 0 Å². The lowest BCUT2D eigenvalue weighted by atomic mass is 9.82. The zero-order valence-electron chi connectivity index (χ0n) is 14.9. The van der Waals surface area contributed by atoms with Gasteiger partial charge < -0.3 is 19.7 Å². The van der Waals surface area contributed by atoms with E-state index in [1.54, 1.807) is 0 Å². The first kappa shape index (κ1) is 16.7. The number of hydrogen-bond acceptors (Lipinski definition) is 3. The zero-order chi connectivity index (χ0) is 17.2. The number of carbonyl (C=O) groups is 1. The van der Waals surface area contributed by atoms with Gasteiger partial charge in [0, 0.05) is 31.5 Å². The molecule has 3 aliphatic heterocycles. The number of urea groups is 1. The van der Waals surface area contributed by atoms with Gasteiger partial charge >= 0.3 is 6.03 Å². The largest absolute Gasteiger partial charge is 0.494 e. The third-order valence-corrected chi connectivity index (χ3v) is 5.88. The minimum Gasteiger partial charge on any atom is -0.494 e. The number of likely N-dealkylation sites (tertiary alicyclic amines) is 1. The highest BCUT2D eigenvalue weighted by molar-refractivity contribution is 5.74. The lowest BCUT2D eigenvalue weighted by Gasteiger charge is -2.19. The van der Waals surface area contributed by atoms with Crippen molar-refractivity contribution in [3.63, 3.8) is 0 Å². The van der Waals surface area contributed by atoms with Gasteiger partial charge in [-0.25, -0.2) is 4.79 Å². The minimum absolute atomic E-state index is 0.0910. The predicted molar refractivity (Wildman–Crippen MR) is 95.8 cm³/mol. The van der Waals surface area contributed by atoms with E-state index in [-0.39, 0.29) is 6.03 Å². The molecule has 0 radical (unpaired) electrons. The van der Waals surface area contributed by atoms with Gasteiger partial charge in [0.2, 0.25) is 0 Å². The fourth-order valence-electron chi connectivity index (χ4n) is 4.48. The molecule has 0 aromatic heterocycles. The number of unbranched alkanes of at least 4 members (excludes halogenated alkanes) is 1. The van der Waals surface area contributed by atoms with Gasteiger partial charge in [-0.15, -0.1) is 0 Å². The summed E-state index contributed by atoms with van der Waals surface area (Å²) >= 11 is 0. The Kier molecular flexibility index (Phi) is 4.84. The standard InChI is InChI=1S/C20H28N2O3/c1-14-4-6-15(7-5-14)24-11-3-2-10-21-20(23)22-12-16-17(13-22)19-9-8-18(16)25-19/h4-7,16-19H,2-3,8-13H2,1H3,(H,21,23)/t16-,17+,18-,19-/m1/s1. The highest BCUT2D eigenvalue weighted by Gasteiger charge is 2.53. The average molecular weight is 344 g/mol. The molecule has 5 heteroatoms. The van der Waals surface area contributed by atoms with Crippen LogP contribution in [0.2, 0.25) is 0 Å². The molecule has 2 bridgehead atoms. The zero-order valence-corrected chi connectivity index (χ0v) is 14.9. The van der Waals surface area contributed by atoms with Crippen molar-refractivity contribution in [2.75, 3.05) is 26.2 Å². The molecule has 1 aromatic carbocycles. The minimum atomic E-state index is 0.0910. The number of amides is 2. The summed E-state index contributed by atoms with van der Waals surface area (Å²) in [6, 6.07) is 8.19. The maximum atomic E-state index is 12.3. The first-order chi connectivity index (χ1) is 12.2. The molecule has 0 aliphatic carbocycles. The van der Waals surface area contributed by atoms with Crippen LogP contribution >= 0.6 is 0 Å². The quantitative estimate of drug-likeness (QED) is 0.807. The first-order valence-electron chi connectivity index (χ1n) is 9.58. The fraction of sp³-hybridized carbons (Fsp3) is 0.650. The monoisotopic (exact) mass is 344 g/mol. The molecule has 3 saturated heterocycles. The highest BCUT2D eigenvalue weighted by Crippen LogP contribution is 2.47. The molecule has 1 N–H and O–H groups in total. The summed E-state index contributed by atoms with van der Waals surface area (Å²) in [5.41, 5.74) is 1.24. The summed E-state index contributed by atoms with van der Waals surface area (Å²) in [5, 5.41) is 3.06. The van der Waals surface area contributed by atoms with Gasteiger partial charge in [-0.3, -0.25) is 0 Å². The van der Waals surface area contributed by atoms with Gasteiger partial charge in [-0.1, -0.05) is 17.7 Å². The molecular formula is C20H28N2O3. The first-order valence-corrected chi connectivity index (χ1v) is 9.58. The van der Waals surface area contributed by atoms with E-state index in [1.165, 1.54) is 18.4 Å². The van der Waals surface area contributed by atoms with E-state index in [0.717, 1.165) is 31.7 Å². The Balaban J connectivity index is 1.10. The Bertz CT molecular complexity index is 585. The van der Waals surface area contributed by atoms with Gasteiger partial charge in [0.05, 0.1) is 18.8 Å². The molecule has 3 heterocycles. The topological polar surface area (TPSA) is 50.8 Å². The smallest absolute Gasteiger partial charge is 0.317 e. The van der Waals surface area contributed by atoms with Crippen LogP contribution in [-0.2, 0) is 4.74 Å². The fourth-order valence-corrected chi connectivity index (χ4v) is 4.48. The van der Waals surface area contributed by atoms with Crippen LogP contribution in [0.1, 0.15) is 31.2 Å². The van der Waals surface area contributed by atoms with Crippen molar-refractivity contribution in [1.82, 2.24) is 10.2 Å². The predicted octanol–water partition coefficient (Wildman–Crippen LogP) is 2.97. The van der Waals surface area contributed by atoms with Gasteiger partial charge in [0.1, 0.15) is 5.75 Å². The van der Waals surface area contributed by atoms with Crippen LogP contribution in [0.15, 0.2) is 24.3 Å². The van der Waals surface area contributed by atoms with Crippen LogP contribution in [0.4, 0.5) is 4.79 Å². The lowest BCUT2D eigenvalue weighted by Crippen LogP contribution is -2.40. The summed E-state index contributed by atoms with van der Waals surface area (Å²) in [4.78, 5) is 14.3. The number of carbonyl (C=O) groups excluding carboxylic acids is 1. The number of ether oxygens (including phenoxy) is 2. The van der Waals surface area contributed by atoms with Crippen LogP contribution in [0.25, 0.3) is 0 Å². The Morgan fingerprint density at radius 2 is 1.84 bits per heavy atom. The van der Waals surface area contributed by atoms with Gasteiger partial charge in [0.25, 0.3) is 0 Å². The van der Waals surface area contributed by atoms with E-state index in [9.17, 15) is 4.79 Å². The van der Waals surface area contributed by atoms with Gasteiger partial charge in [0.15, 0.2) is 0 Å². The molecule has 3 aliphatic rings. The number of hydrogen-bond donors (Lipinski definition) is 1. The second-order valence-electron chi connectivity index (χ2n) is 7.62. The summed E-state index contributed by atoms with van der Waals surface area (Å²) < 4.78 is 11.7. The molecule has 1 aromatic rings. The van der Waals surface area contributed by atoms with Gasteiger partial charge in [-0.05, 0) is 44.7 Å². The van der Waals surface area contributed by atoms with E-state index in [0.29, 0.717) is 37.2 Å². The van der Waals surface area contributed by atoms with Gasteiger partial charge in [-0.2, -0.15) is 0 Å². The second kappa shape index (κ2) is 7.24. The highest BCUT2D eigenvalue weighted by atomic mass is 16.5. The van der Waals surface area contributed by atoms with E-state index in [1.807, 2.05) is 17.0 Å². The normalized spacial score (nSPS) is 29.7. The van der Waals surface area contributed by atoms with E-state index >= 15 is 0 Å². The molecule has 0 unspecified atom stereocenters. The van der Waals surface area contributed by atoms with Crippen LogP contribution in [-0.4, -0.2) is 49.4 Å². The van der Waals surface area contributed by atoms with Crippen molar-refractivity contribution < 1.29 is 14.3 Å². The van der Waals surface area contributed by atoms with Crippen molar-refractivity contribution in [2.24, 2.45) is 11.8 Å². The molecule has 5 nitrogen and oxygen atoms in total. The summed E-state index contributed by atoms with van der Waals surface area (Å²) in [5.74, 6) is 2.06. The molecule has 4 atom stereocenters. The Morgan fingerprint density at radius 3 is 2.52 bits per heavy atom. The van der Waals surface area contributed by atoms with Crippen LogP contribution < -0.4 is 10.1 Å². The summed E-state index contributed by atoms with van der Waals surface area (Å²) in [6.45, 7) is 5.21. The molecule has 0 saturated carbocycles. The second-order valence-corrected chi connectivity index (χ2v) is 7.62. The molecule has 4 rings (SSSR count). The molecule has 0 spiro atoms. The maximum Gasteiger partial charge on any atom is 0.317 e. The SMILES string of the molecule is Cc1ccc(OCCCCNC(=O)N2C[C@@H]3[C@H](C2)[C@H]2CC[C@H]3O2)cc1. The van der Waals surface area contributed by atoms with Crippen LogP contribution in [0.3, 0.4) is 0 Å². The summed E-state index contributed by atoms with van der Waals surface area (Å²) in [7, 11) is 0. The Morgan fingerprint density at radius 1 is 1.16 bits per heavy atom. The van der Waals surface area contributed by atoms with Crippen molar-refractivity contribution >= 4 is 6.03 Å². The molecule has 25 heavy (non-hydrogen) atoms. The van der Waals surface area contributed by atoms with Crippen molar-refractivity contribution in [3.05, 3.63) is 29.8 Å². The summed E-state index contributed by atoms with van der Waals surface area (Å²) in [6.07, 6.45) is 5.06. The number of aryl methyl sites for hydroxylation is 1. The molecular weight excluding hydrogens is 316 g/mol. The van der Waals surface area contributed by atoms with Crippen LogP contribution in [0, 0.1) is 18.8 Å². The lowest BCUT2D eigenvalue weighted by molar-refractivity contribution is 0.0739. The molecule has 2 amide bonds. The van der Waals surface area contributed by atoms with Crippen molar-refractivity contribution in [3.8, 4) is 5.75 Å². The van der Waals surface area contributed by atoms with Crippen LogP contribution in [0.5, 0.6) is 5.75 Å². The number of rotatable bonds is 6. The Labute approximate surface area is 149 Å². The number of nitrogens with one attached hydrogen (secondary N) is 1. The third kappa shape index (κ3) is 3.61. The Hall–Kier alpha value is -1.75. The number of benzene rings is 1. The maximum absolute atomic E-state index is 12.3. The number of fused-ring (bicyclic) bond motifs is 5.